The number of carbonyl (C=O) groups excluding carboxylic acids is 1. The minimum Gasteiger partial charge on any atom is -0.322 e. The second-order valence-corrected chi connectivity index (χ2v) is 7.01. The van der Waals surface area contributed by atoms with Gasteiger partial charge in [0.2, 0.25) is 0 Å². The zero-order valence-corrected chi connectivity index (χ0v) is 16.1. The van der Waals surface area contributed by atoms with Gasteiger partial charge in [0, 0.05) is 29.3 Å². The summed E-state index contributed by atoms with van der Waals surface area (Å²) in [4.78, 5) is 17.1. The fraction of sp³-hybridized carbons (Fsp3) is 0.0417. The Morgan fingerprint density at radius 1 is 0.933 bits per heavy atom. The van der Waals surface area contributed by atoms with Crippen molar-refractivity contribution in [2.45, 2.75) is 6.54 Å². The topological polar surface area (TPSA) is 64.7 Å². The van der Waals surface area contributed by atoms with Gasteiger partial charge in [-0.1, -0.05) is 24.3 Å². The van der Waals surface area contributed by atoms with E-state index < -0.39 is 0 Å². The van der Waals surface area contributed by atoms with Crippen LogP contribution < -0.4 is 5.32 Å². The largest absolute Gasteiger partial charge is 0.322 e. The number of nitrogens with one attached hydrogen (secondary N) is 1. The number of benzene rings is 3. The molecule has 1 N–H and O–H groups in total. The van der Waals surface area contributed by atoms with Gasteiger partial charge in [-0.3, -0.25) is 14.0 Å². The summed E-state index contributed by atoms with van der Waals surface area (Å²) in [5.41, 5.74) is 5.35. The van der Waals surface area contributed by atoms with Crippen molar-refractivity contribution in [1.29, 1.82) is 0 Å². The standard InChI is InChI=1S/C24H19N5O/c30-24(27-20-6-3-5-18(15-20)16-28-14-4-13-26-28)19-9-11-21(12-10-19)29-17-25-22-7-1-2-8-23(22)29/h1-15,17H,16H2,(H,27,30). The SMILES string of the molecule is O=C(Nc1cccc(Cn2cccn2)c1)c1ccc(-n2cnc3ccccc32)cc1. The predicted octanol–water partition coefficient (Wildman–Crippen LogP) is 4.52. The van der Waals surface area contributed by atoms with Gasteiger partial charge in [-0.25, -0.2) is 4.98 Å². The number of hydrogen-bond donors (Lipinski definition) is 1. The Kier molecular flexibility index (Phi) is 4.57. The van der Waals surface area contributed by atoms with Crippen LogP contribution in [0.5, 0.6) is 0 Å². The van der Waals surface area contributed by atoms with Crippen molar-refractivity contribution in [3.8, 4) is 5.69 Å². The van der Waals surface area contributed by atoms with E-state index in [0.29, 0.717) is 12.1 Å². The molecule has 0 saturated carbocycles. The quantitative estimate of drug-likeness (QED) is 0.477. The Hall–Kier alpha value is -4.19. The smallest absolute Gasteiger partial charge is 0.255 e. The van der Waals surface area contributed by atoms with Gasteiger partial charge >= 0.3 is 0 Å². The molecule has 2 heterocycles. The van der Waals surface area contributed by atoms with E-state index >= 15 is 0 Å². The highest BCUT2D eigenvalue weighted by Gasteiger charge is 2.09. The van der Waals surface area contributed by atoms with Gasteiger partial charge in [0.1, 0.15) is 6.33 Å². The first-order valence-corrected chi connectivity index (χ1v) is 9.66. The van der Waals surface area contributed by atoms with Gasteiger partial charge in [0.05, 0.1) is 17.6 Å². The van der Waals surface area contributed by atoms with Gasteiger partial charge < -0.3 is 5.32 Å². The van der Waals surface area contributed by atoms with Gasteiger partial charge in [-0.05, 0) is 60.2 Å². The summed E-state index contributed by atoms with van der Waals surface area (Å²) < 4.78 is 3.86. The van der Waals surface area contributed by atoms with Crippen molar-refractivity contribution < 1.29 is 4.79 Å². The predicted molar refractivity (Wildman–Crippen MR) is 117 cm³/mol. The molecule has 0 atom stereocenters. The minimum absolute atomic E-state index is 0.145. The third-order valence-electron chi connectivity index (χ3n) is 4.95. The molecular weight excluding hydrogens is 374 g/mol. The summed E-state index contributed by atoms with van der Waals surface area (Å²) in [6.45, 7) is 0.657. The van der Waals surface area contributed by atoms with Crippen molar-refractivity contribution in [2.24, 2.45) is 0 Å². The number of fused-ring (bicyclic) bond motifs is 1. The number of anilines is 1. The van der Waals surface area contributed by atoms with Crippen LogP contribution in [-0.4, -0.2) is 25.2 Å². The lowest BCUT2D eigenvalue weighted by Crippen LogP contribution is -2.12. The molecule has 0 fully saturated rings. The fourth-order valence-corrected chi connectivity index (χ4v) is 3.47. The Labute approximate surface area is 173 Å². The maximum absolute atomic E-state index is 12.7. The highest BCUT2D eigenvalue weighted by atomic mass is 16.1. The van der Waals surface area contributed by atoms with Crippen molar-refractivity contribution in [3.63, 3.8) is 0 Å². The molecule has 0 unspecified atom stereocenters. The molecule has 0 spiro atoms. The molecule has 1 amide bonds. The first kappa shape index (κ1) is 17.9. The Bertz CT molecular complexity index is 1300. The molecule has 0 aliphatic rings. The highest BCUT2D eigenvalue weighted by Crippen LogP contribution is 2.19. The van der Waals surface area contributed by atoms with Crippen molar-refractivity contribution >= 4 is 22.6 Å². The van der Waals surface area contributed by atoms with Crippen molar-refractivity contribution in [2.75, 3.05) is 5.32 Å². The molecule has 5 rings (SSSR count). The van der Waals surface area contributed by atoms with Crippen LogP contribution in [0.25, 0.3) is 16.7 Å². The average molecular weight is 393 g/mol. The van der Waals surface area contributed by atoms with Crippen LogP contribution in [-0.2, 0) is 6.54 Å². The van der Waals surface area contributed by atoms with Gasteiger partial charge in [-0.15, -0.1) is 0 Å². The first-order valence-electron chi connectivity index (χ1n) is 9.66. The van der Waals surface area contributed by atoms with Crippen LogP contribution in [0.15, 0.2) is 97.6 Å². The van der Waals surface area contributed by atoms with Gasteiger partial charge in [-0.2, -0.15) is 5.10 Å². The second kappa shape index (κ2) is 7.67. The summed E-state index contributed by atoms with van der Waals surface area (Å²) in [6, 6.07) is 25.2. The maximum atomic E-state index is 12.7. The molecule has 30 heavy (non-hydrogen) atoms. The lowest BCUT2D eigenvalue weighted by molar-refractivity contribution is 0.102. The third-order valence-corrected chi connectivity index (χ3v) is 4.95. The van der Waals surface area contributed by atoms with E-state index in [1.54, 1.807) is 12.5 Å². The molecule has 0 radical (unpaired) electrons. The Morgan fingerprint density at radius 3 is 2.63 bits per heavy atom. The van der Waals surface area contributed by atoms with Crippen LogP contribution in [0.3, 0.4) is 0 Å². The zero-order valence-electron chi connectivity index (χ0n) is 16.1. The van der Waals surface area contributed by atoms with Gasteiger partial charge in [0.25, 0.3) is 5.91 Å². The van der Waals surface area contributed by atoms with Crippen molar-refractivity contribution in [1.82, 2.24) is 19.3 Å². The Balaban J connectivity index is 1.32. The van der Waals surface area contributed by atoms with Crippen LogP contribution in [0.4, 0.5) is 5.69 Å². The van der Waals surface area contributed by atoms with Crippen LogP contribution in [0.2, 0.25) is 0 Å². The number of aromatic nitrogens is 4. The van der Waals surface area contributed by atoms with Crippen LogP contribution in [0.1, 0.15) is 15.9 Å². The van der Waals surface area contributed by atoms with Crippen LogP contribution in [0, 0.1) is 0 Å². The lowest BCUT2D eigenvalue weighted by Gasteiger charge is -2.09. The fourth-order valence-electron chi connectivity index (χ4n) is 3.47. The molecule has 6 nitrogen and oxygen atoms in total. The first-order chi connectivity index (χ1) is 14.8. The van der Waals surface area contributed by atoms with Crippen molar-refractivity contribution in [3.05, 3.63) is 109 Å². The monoisotopic (exact) mass is 393 g/mol. The van der Waals surface area contributed by atoms with E-state index in [4.69, 9.17) is 0 Å². The molecular formula is C24H19N5O. The summed E-state index contributed by atoms with van der Waals surface area (Å²) in [5, 5.41) is 7.20. The average Bonchev–Trinajstić information content (AvgIpc) is 3.44. The summed E-state index contributed by atoms with van der Waals surface area (Å²) in [6.07, 6.45) is 5.46. The number of carbonyl (C=O) groups is 1. The van der Waals surface area contributed by atoms with E-state index in [1.165, 1.54) is 0 Å². The number of hydrogen-bond acceptors (Lipinski definition) is 3. The van der Waals surface area contributed by atoms with Crippen LogP contribution >= 0.6 is 0 Å². The number of nitrogens with zero attached hydrogens (tertiary/aromatic N) is 4. The minimum atomic E-state index is -0.145. The summed E-state index contributed by atoms with van der Waals surface area (Å²) in [5.74, 6) is -0.145. The third kappa shape index (κ3) is 3.58. The number of rotatable bonds is 5. The summed E-state index contributed by atoms with van der Waals surface area (Å²) in [7, 11) is 0. The zero-order chi connectivity index (χ0) is 20.3. The molecule has 3 aromatic carbocycles. The number of para-hydroxylation sites is 2. The highest BCUT2D eigenvalue weighted by molar-refractivity contribution is 6.04. The molecule has 0 bridgehead atoms. The van der Waals surface area contributed by atoms with E-state index in [2.05, 4.69) is 15.4 Å². The molecule has 0 aliphatic carbocycles. The molecule has 0 aliphatic heterocycles. The second-order valence-electron chi connectivity index (χ2n) is 7.01. The lowest BCUT2D eigenvalue weighted by atomic mass is 10.1. The summed E-state index contributed by atoms with van der Waals surface area (Å²) >= 11 is 0. The normalized spacial score (nSPS) is 10.9. The van der Waals surface area contributed by atoms with E-state index in [1.807, 2.05) is 94.3 Å². The van der Waals surface area contributed by atoms with E-state index in [9.17, 15) is 4.79 Å². The number of amides is 1. The molecule has 2 aromatic heterocycles. The molecule has 146 valence electrons. The molecule has 5 aromatic rings. The van der Waals surface area contributed by atoms with E-state index in [0.717, 1.165) is 28.0 Å². The number of imidazole rings is 1. The van der Waals surface area contributed by atoms with Gasteiger partial charge in [0.15, 0.2) is 0 Å². The Morgan fingerprint density at radius 2 is 1.80 bits per heavy atom. The molecule has 6 heteroatoms. The maximum Gasteiger partial charge on any atom is 0.255 e. The van der Waals surface area contributed by atoms with E-state index in [-0.39, 0.29) is 5.91 Å². The molecule has 0 saturated heterocycles.